The summed E-state index contributed by atoms with van der Waals surface area (Å²) in [4.78, 5) is 0. The molecule has 0 saturated carbocycles. The van der Waals surface area contributed by atoms with E-state index >= 15 is 0 Å². The summed E-state index contributed by atoms with van der Waals surface area (Å²) in [6, 6.07) is 13.0. The molecule has 0 fully saturated rings. The average molecular weight is 383 g/mol. The monoisotopic (exact) mass is 381 g/mol. The van der Waals surface area contributed by atoms with Crippen molar-refractivity contribution in [3.8, 4) is 22.4 Å². The summed E-state index contributed by atoms with van der Waals surface area (Å²) in [6.07, 6.45) is 0. The van der Waals surface area contributed by atoms with Gasteiger partial charge >= 0.3 is 0 Å². The highest BCUT2D eigenvalue weighted by Gasteiger charge is 2.17. The van der Waals surface area contributed by atoms with Crippen molar-refractivity contribution in [2.75, 3.05) is 5.73 Å². The molecule has 3 aromatic rings. The zero-order valence-corrected chi connectivity index (χ0v) is 13.8. The minimum absolute atomic E-state index is 0.416. The Kier molecular flexibility index (Phi) is 3.93. The largest absolute Gasteiger partial charge is 0.382 e. The van der Waals surface area contributed by atoms with Gasteiger partial charge in [0.2, 0.25) is 0 Å². The number of aromatic amines is 1. The van der Waals surface area contributed by atoms with Crippen LogP contribution in [0.4, 0.5) is 5.82 Å². The van der Waals surface area contributed by atoms with Crippen molar-refractivity contribution >= 4 is 44.9 Å². The molecule has 0 saturated heterocycles. The van der Waals surface area contributed by atoms with E-state index in [4.69, 9.17) is 28.9 Å². The quantitative estimate of drug-likeness (QED) is 0.623. The molecular weight excluding hydrogens is 373 g/mol. The van der Waals surface area contributed by atoms with E-state index < -0.39 is 0 Å². The van der Waals surface area contributed by atoms with Crippen LogP contribution in [0.2, 0.25) is 10.0 Å². The predicted octanol–water partition coefficient (Wildman–Crippen LogP) is 5.40. The maximum absolute atomic E-state index is 6.09. The maximum Gasteiger partial charge on any atom is 0.153 e. The molecule has 0 aliphatic carbocycles. The second kappa shape index (κ2) is 5.72. The normalized spacial score (nSPS) is 10.8. The smallest absolute Gasteiger partial charge is 0.153 e. The minimum atomic E-state index is 0.416. The van der Waals surface area contributed by atoms with Gasteiger partial charge in [0.1, 0.15) is 0 Å². The lowest BCUT2D eigenvalue weighted by Crippen LogP contribution is -1.89. The van der Waals surface area contributed by atoms with Crippen LogP contribution >= 0.6 is 39.1 Å². The summed E-state index contributed by atoms with van der Waals surface area (Å²) >= 11 is 15.7. The molecule has 0 amide bonds. The van der Waals surface area contributed by atoms with Crippen LogP contribution in [0, 0.1) is 0 Å². The van der Waals surface area contributed by atoms with E-state index in [0.29, 0.717) is 15.9 Å². The third-order valence-corrected chi connectivity index (χ3v) is 4.27. The van der Waals surface area contributed by atoms with Crippen molar-refractivity contribution in [1.29, 1.82) is 0 Å². The van der Waals surface area contributed by atoms with Crippen molar-refractivity contribution in [2.45, 2.75) is 0 Å². The molecule has 0 bridgehead atoms. The predicted molar refractivity (Wildman–Crippen MR) is 91.6 cm³/mol. The Balaban J connectivity index is 2.24. The van der Waals surface area contributed by atoms with Crippen molar-refractivity contribution in [2.24, 2.45) is 0 Å². The van der Waals surface area contributed by atoms with E-state index in [-0.39, 0.29) is 0 Å². The van der Waals surface area contributed by atoms with Gasteiger partial charge in [-0.15, -0.1) is 0 Å². The van der Waals surface area contributed by atoms with E-state index in [9.17, 15) is 0 Å². The maximum atomic E-state index is 6.09. The first-order valence-corrected chi connectivity index (χ1v) is 7.66. The summed E-state index contributed by atoms with van der Waals surface area (Å²) in [5.74, 6) is 0.416. The fourth-order valence-corrected chi connectivity index (χ4v) is 2.98. The Bertz CT molecular complexity index is 814. The molecule has 106 valence electrons. The van der Waals surface area contributed by atoms with E-state index in [0.717, 1.165) is 26.9 Å². The topological polar surface area (TPSA) is 54.7 Å². The molecule has 0 aliphatic rings. The molecule has 0 spiro atoms. The Morgan fingerprint density at radius 3 is 2.57 bits per heavy atom. The number of nitrogens with two attached hydrogens (primary N) is 1. The first-order chi connectivity index (χ1) is 10.1. The number of anilines is 1. The summed E-state index contributed by atoms with van der Waals surface area (Å²) in [5, 5.41) is 8.37. The Morgan fingerprint density at radius 2 is 1.81 bits per heavy atom. The van der Waals surface area contributed by atoms with Crippen molar-refractivity contribution in [1.82, 2.24) is 10.2 Å². The van der Waals surface area contributed by atoms with Crippen LogP contribution in [0.25, 0.3) is 22.4 Å². The van der Waals surface area contributed by atoms with Gasteiger partial charge in [0.05, 0.1) is 11.3 Å². The van der Waals surface area contributed by atoms with Gasteiger partial charge in [0.25, 0.3) is 0 Å². The first-order valence-electron chi connectivity index (χ1n) is 6.11. The molecule has 0 unspecified atom stereocenters. The fourth-order valence-electron chi connectivity index (χ4n) is 2.18. The fraction of sp³-hybridized carbons (Fsp3) is 0. The summed E-state index contributed by atoms with van der Waals surface area (Å²) in [6.45, 7) is 0. The van der Waals surface area contributed by atoms with E-state index in [1.54, 1.807) is 0 Å². The molecule has 0 atom stereocenters. The van der Waals surface area contributed by atoms with Crippen LogP contribution in [0.3, 0.4) is 0 Å². The standard InChI is InChI=1S/C15H10BrCl2N3/c16-12-5-4-10(18)7-11(12)14-13(15(19)21-20-14)8-2-1-3-9(17)6-8/h1-7H,(H3,19,20,21). The van der Waals surface area contributed by atoms with Crippen LogP contribution < -0.4 is 5.73 Å². The molecule has 6 heteroatoms. The Labute approximate surface area is 140 Å². The zero-order chi connectivity index (χ0) is 15.0. The highest BCUT2D eigenvalue weighted by molar-refractivity contribution is 9.10. The molecular formula is C15H10BrCl2N3. The number of hydrogen-bond donors (Lipinski definition) is 2. The lowest BCUT2D eigenvalue weighted by molar-refractivity contribution is 1.10. The number of benzene rings is 2. The third-order valence-electron chi connectivity index (χ3n) is 3.11. The van der Waals surface area contributed by atoms with Crippen molar-refractivity contribution in [3.05, 3.63) is 57.0 Å². The van der Waals surface area contributed by atoms with Crippen LogP contribution in [-0.4, -0.2) is 10.2 Å². The summed E-state index contributed by atoms with van der Waals surface area (Å²) in [7, 11) is 0. The third kappa shape index (κ3) is 2.79. The Hall–Kier alpha value is -1.49. The molecule has 1 aromatic heterocycles. The van der Waals surface area contributed by atoms with Gasteiger partial charge in [-0.3, -0.25) is 5.10 Å². The highest BCUT2D eigenvalue weighted by Crippen LogP contribution is 2.39. The Morgan fingerprint density at radius 1 is 1.05 bits per heavy atom. The van der Waals surface area contributed by atoms with Gasteiger partial charge < -0.3 is 5.73 Å². The second-order valence-corrected chi connectivity index (χ2v) is 6.22. The minimum Gasteiger partial charge on any atom is -0.382 e. The number of rotatable bonds is 2. The second-order valence-electron chi connectivity index (χ2n) is 4.49. The van der Waals surface area contributed by atoms with E-state index in [1.807, 2.05) is 42.5 Å². The van der Waals surface area contributed by atoms with Crippen molar-refractivity contribution in [3.63, 3.8) is 0 Å². The van der Waals surface area contributed by atoms with Gasteiger partial charge in [-0.1, -0.05) is 51.3 Å². The van der Waals surface area contributed by atoms with Crippen LogP contribution in [0.15, 0.2) is 46.9 Å². The first kappa shape index (κ1) is 14.4. The van der Waals surface area contributed by atoms with Gasteiger partial charge in [0, 0.05) is 20.1 Å². The molecule has 3 N–H and O–H groups in total. The van der Waals surface area contributed by atoms with E-state index in [1.165, 1.54) is 0 Å². The molecule has 0 aliphatic heterocycles. The summed E-state index contributed by atoms with van der Waals surface area (Å²) < 4.78 is 0.902. The van der Waals surface area contributed by atoms with Gasteiger partial charge in [-0.25, -0.2) is 0 Å². The number of halogens is 3. The molecule has 1 heterocycles. The van der Waals surface area contributed by atoms with Gasteiger partial charge in [-0.2, -0.15) is 5.10 Å². The number of nitrogens with zero attached hydrogens (tertiary/aromatic N) is 1. The van der Waals surface area contributed by atoms with Crippen molar-refractivity contribution < 1.29 is 0 Å². The molecule has 3 nitrogen and oxygen atoms in total. The highest BCUT2D eigenvalue weighted by atomic mass is 79.9. The van der Waals surface area contributed by atoms with Gasteiger partial charge in [-0.05, 0) is 35.9 Å². The molecule has 21 heavy (non-hydrogen) atoms. The average Bonchev–Trinajstić information content (AvgIpc) is 2.83. The summed E-state index contributed by atoms with van der Waals surface area (Å²) in [5.41, 5.74) is 9.41. The number of nitrogen functional groups attached to an aromatic ring is 1. The molecule has 2 aromatic carbocycles. The molecule has 3 rings (SSSR count). The van der Waals surface area contributed by atoms with Crippen LogP contribution in [0.1, 0.15) is 0 Å². The lowest BCUT2D eigenvalue weighted by Gasteiger charge is -2.07. The molecule has 0 radical (unpaired) electrons. The SMILES string of the molecule is Nc1n[nH]c(-c2cc(Cl)ccc2Br)c1-c1cccc(Cl)c1. The van der Waals surface area contributed by atoms with Crippen LogP contribution in [0.5, 0.6) is 0 Å². The van der Waals surface area contributed by atoms with Crippen LogP contribution in [-0.2, 0) is 0 Å². The number of nitrogens with one attached hydrogen (secondary N) is 1. The van der Waals surface area contributed by atoms with E-state index in [2.05, 4.69) is 26.1 Å². The zero-order valence-electron chi connectivity index (χ0n) is 10.7. The number of hydrogen-bond acceptors (Lipinski definition) is 2. The number of aromatic nitrogens is 2. The lowest BCUT2D eigenvalue weighted by atomic mass is 10.0. The van der Waals surface area contributed by atoms with Gasteiger partial charge in [0.15, 0.2) is 5.82 Å². The number of H-pyrrole nitrogens is 1.